The fourth-order valence-electron chi connectivity index (χ4n) is 1.21. The second kappa shape index (κ2) is 6.39. The fourth-order valence-corrected chi connectivity index (χ4v) is 2.72. The first-order valence-electron chi connectivity index (χ1n) is 5.17. The van der Waals surface area contributed by atoms with Crippen LogP contribution in [-0.4, -0.2) is 55.7 Å². The van der Waals surface area contributed by atoms with Gasteiger partial charge in [-0.3, -0.25) is 0 Å². The molecule has 0 saturated heterocycles. The van der Waals surface area contributed by atoms with Crippen molar-refractivity contribution in [3.05, 3.63) is 11.6 Å². The average Bonchev–Trinajstić information content (AvgIpc) is 2.26. The Hall–Kier alpha value is -1.07. The number of anilines is 2. The zero-order chi connectivity index (χ0) is 13.8. The van der Waals surface area contributed by atoms with Crippen molar-refractivity contribution in [2.24, 2.45) is 0 Å². The first-order valence-corrected chi connectivity index (χ1v) is 7.99. The third-order valence-electron chi connectivity index (χ3n) is 1.81. The molecule has 2 aromatic rings. The second-order valence-electron chi connectivity index (χ2n) is 3.44. The van der Waals surface area contributed by atoms with Gasteiger partial charge in [0.25, 0.3) is 0 Å². The van der Waals surface area contributed by atoms with Crippen LogP contribution >= 0.6 is 9.24 Å². The molecule has 0 bridgehead atoms. The summed E-state index contributed by atoms with van der Waals surface area (Å²) in [7, 11) is 2.39. The molecule has 2 heterocycles. The van der Waals surface area contributed by atoms with Gasteiger partial charge in [-0.05, 0) is 0 Å². The standard InChI is InChI=1S/C8H10N8OP.Tl/c1-4-9-3-10-6(11-4)15-17-16-7-12-5(2)13-8(18)14-7;/h18H2,1-2H3,(H,9,10,11,15)(H,12,13,14,16);. The van der Waals surface area contributed by atoms with Crippen molar-refractivity contribution in [3.63, 3.8) is 0 Å². The van der Waals surface area contributed by atoms with Crippen molar-refractivity contribution in [3.8, 4) is 0 Å². The van der Waals surface area contributed by atoms with Crippen LogP contribution in [0.15, 0.2) is 0 Å². The average molecular weight is 470 g/mol. The Kier molecular flexibility index (Phi) is 4.82. The molecule has 2 aromatic heterocycles. The Morgan fingerprint density at radius 1 is 0.895 bits per heavy atom. The van der Waals surface area contributed by atoms with Gasteiger partial charge < -0.3 is 0 Å². The van der Waals surface area contributed by atoms with Crippen molar-refractivity contribution in [2.75, 3.05) is 11.0 Å². The molecule has 0 aliphatic heterocycles. The minimum atomic E-state index is 0.295. The van der Waals surface area contributed by atoms with Crippen LogP contribution < -0.4 is 19.9 Å². The molecule has 0 aliphatic rings. The molecular formula is C8H10N8OPTl. The summed E-state index contributed by atoms with van der Waals surface area (Å²) in [5.41, 5.74) is 5.63. The number of nitrogens with one attached hydrogen (secondary N) is 2. The fraction of sp³-hybridized carbons (Fsp3) is 0.250. The molecule has 19 heavy (non-hydrogen) atoms. The summed E-state index contributed by atoms with van der Waals surface area (Å²) < 4.78 is 0.766. The summed E-state index contributed by atoms with van der Waals surface area (Å²) >= 11 is 0.533. The van der Waals surface area contributed by atoms with E-state index in [0.29, 0.717) is 54.9 Å². The summed E-state index contributed by atoms with van der Waals surface area (Å²) in [6, 6.07) is 0. The molecule has 2 N–H and O–H groups in total. The van der Waals surface area contributed by atoms with Crippen LogP contribution in [0.1, 0.15) is 11.6 Å². The zero-order valence-electron chi connectivity index (χ0n) is 10.2. The second-order valence-corrected chi connectivity index (χ2v) is 5.96. The van der Waals surface area contributed by atoms with Crippen LogP contribution in [0, 0.1) is 13.8 Å². The van der Waals surface area contributed by atoms with E-state index in [1.165, 1.54) is 0 Å². The Bertz CT molecular complexity index is 505. The van der Waals surface area contributed by atoms with E-state index in [1.807, 2.05) is 0 Å². The van der Waals surface area contributed by atoms with Gasteiger partial charge in [0.05, 0.1) is 0 Å². The number of nitrogens with zero attached hydrogens (tertiary/aromatic N) is 6. The van der Waals surface area contributed by atoms with E-state index in [-0.39, 0.29) is 0 Å². The van der Waals surface area contributed by atoms with Crippen molar-refractivity contribution in [1.82, 2.24) is 29.9 Å². The van der Waals surface area contributed by atoms with Gasteiger partial charge in [-0.15, -0.1) is 0 Å². The van der Waals surface area contributed by atoms with Crippen LogP contribution in [0.2, 0.25) is 0 Å². The molecule has 11 heteroatoms. The zero-order valence-corrected chi connectivity index (χ0v) is 15.9. The monoisotopic (exact) mass is 470 g/mol. The molecule has 0 saturated carbocycles. The van der Waals surface area contributed by atoms with Gasteiger partial charge in [0.2, 0.25) is 0 Å². The number of hydrogen-bond donors (Lipinski definition) is 2. The van der Waals surface area contributed by atoms with E-state index in [1.54, 1.807) is 13.8 Å². The first kappa shape index (κ1) is 14.3. The van der Waals surface area contributed by atoms with E-state index >= 15 is 0 Å². The van der Waals surface area contributed by atoms with Crippen molar-refractivity contribution in [1.29, 1.82) is 0 Å². The third-order valence-corrected chi connectivity index (χ3v) is 3.08. The molecule has 0 aliphatic carbocycles. The van der Waals surface area contributed by atoms with Crippen molar-refractivity contribution in [2.45, 2.75) is 13.8 Å². The SMILES string of the molecule is Cc1nc(P)nc(NONc2nc(C)n[c]([Tl])n2)n1. The summed E-state index contributed by atoms with van der Waals surface area (Å²) in [6.45, 7) is 3.56. The number of aromatic nitrogens is 6. The quantitative estimate of drug-likeness (QED) is 0.309. The molecular weight excluding hydrogens is 460 g/mol. The topological polar surface area (TPSA) is 111 Å². The molecule has 0 amide bonds. The van der Waals surface area contributed by atoms with Gasteiger partial charge in [0.1, 0.15) is 0 Å². The van der Waals surface area contributed by atoms with Gasteiger partial charge in [-0.2, -0.15) is 0 Å². The van der Waals surface area contributed by atoms with E-state index in [2.05, 4.69) is 50.1 Å². The Labute approximate surface area is 127 Å². The predicted octanol–water partition coefficient (Wildman–Crippen LogP) is -1.66. The molecule has 0 radical (unpaired) electrons. The maximum absolute atomic E-state index is 5.03. The molecule has 9 nitrogen and oxygen atoms in total. The summed E-state index contributed by atoms with van der Waals surface area (Å²) in [5.74, 6) is 1.87. The van der Waals surface area contributed by atoms with E-state index < -0.39 is 0 Å². The number of rotatable bonds is 4. The minimum absolute atomic E-state index is 0.295. The van der Waals surface area contributed by atoms with Crippen molar-refractivity contribution >= 4 is 55.9 Å². The Morgan fingerprint density at radius 3 is 2.05 bits per heavy atom. The van der Waals surface area contributed by atoms with Gasteiger partial charge in [-0.1, -0.05) is 0 Å². The van der Waals surface area contributed by atoms with E-state index in [4.69, 9.17) is 4.94 Å². The molecule has 0 spiro atoms. The van der Waals surface area contributed by atoms with Gasteiger partial charge in [0, 0.05) is 0 Å². The molecule has 1 unspecified atom stereocenters. The van der Waals surface area contributed by atoms with Crippen LogP contribution in [0.25, 0.3) is 0 Å². The van der Waals surface area contributed by atoms with Crippen LogP contribution in [0.5, 0.6) is 0 Å². The van der Waals surface area contributed by atoms with Gasteiger partial charge in [-0.25, -0.2) is 0 Å². The molecule has 2 rings (SSSR count). The van der Waals surface area contributed by atoms with Crippen LogP contribution in [0.4, 0.5) is 11.9 Å². The molecule has 96 valence electrons. The summed E-state index contributed by atoms with van der Waals surface area (Å²) in [4.78, 5) is 29.4. The normalized spacial score (nSPS) is 10.2. The van der Waals surface area contributed by atoms with Crippen LogP contribution in [-0.2, 0) is 4.94 Å². The number of aryl methyl sites for hydroxylation is 2. The van der Waals surface area contributed by atoms with Gasteiger partial charge in [0.15, 0.2) is 0 Å². The summed E-state index contributed by atoms with van der Waals surface area (Å²) in [5, 5.41) is 0. The molecule has 0 aromatic carbocycles. The Morgan fingerprint density at radius 2 is 1.47 bits per heavy atom. The molecule has 0 fully saturated rings. The number of hydrogen-bond acceptors (Lipinski definition) is 9. The summed E-state index contributed by atoms with van der Waals surface area (Å²) in [6.07, 6.45) is 0. The predicted molar refractivity (Wildman–Crippen MR) is 72.2 cm³/mol. The maximum atomic E-state index is 5.03. The Balaban J connectivity index is 1.96. The van der Waals surface area contributed by atoms with Crippen LogP contribution in [0.3, 0.4) is 0 Å². The molecule has 1 atom stereocenters. The van der Waals surface area contributed by atoms with E-state index in [0.717, 1.165) is 3.38 Å². The third kappa shape index (κ3) is 4.51. The van der Waals surface area contributed by atoms with E-state index in [9.17, 15) is 0 Å². The van der Waals surface area contributed by atoms with Crippen molar-refractivity contribution < 1.29 is 4.94 Å². The van der Waals surface area contributed by atoms with Gasteiger partial charge >= 0.3 is 127 Å². The first-order chi connectivity index (χ1) is 9.02.